The van der Waals surface area contributed by atoms with Crippen LogP contribution in [-0.4, -0.2) is 11.3 Å². The van der Waals surface area contributed by atoms with E-state index in [0.717, 1.165) is 34.0 Å². The molecule has 0 amide bonds. The standard InChI is InChI=1S/C98H80BN3/c1-96(2,3)69-48-54-87(80(58-69)65-34-18-12-19-35-65)101-89-57-68(93-76-40-22-24-42-78(76)94(79-43-25-23-41-77(79)93)82-56-67(63-30-14-10-15-31-63)46-51-73(82)64-32-16-11-17-33-64)47-52-83(89)99-84-53-50-72(100-85-44-28-26-38-74(85)75-39-27-29-45-86(75)100)62-90(84)102(92-61-71(98(7,8)9)60-91(101)95(92)99)88-55-49-70(97(4,5)6)59-81(88)66-36-20-13-21-37-66/h10-62H,1-9H3. The first-order chi connectivity index (χ1) is 49.5. The van der Waals surface area contributed by atoms with Crippen LogP contribution in [0.2, 0.25) is 0 Å². The Morgan fingerprint density at radius 3 is 1.10 bits per heavy atom. The molecule has 0 N–H and O–H groups in total. The van der Waals surface area contributed by atoms with Crippen molar-refractivity contribution in [2.75, 3.05) is 9.80 Å². The number of benzene rings is 15. The van der Waals surface area contributed by atoms with Crippen LogP contribution < -0.4 is 26.2 Å². The van der Waals surface area contributed by atoms with Gasteiger partial charge in [-0.15, -0.1) is 0 Å². The lowest BCUT2D eigenvalue weighted by Crippen LogP contribution is -2.61. The number of aromatic nitrogens is 1. The van der Waals surface area contributed by atoms with Crippen LogP contribution in [0.3, 0.4) is 0 Å². The van der Waals surface area contributed by atoms with Crippen LogP contribution in [0.25, 0.3) is 116 Å². The normalized spacial score (nSPS) is 12.9. The third kappa shape index (κ3) is 10.3. The van der Waals surface area contributed by atoms with Gasteiger partial charge in [0.15, 0.2) is 0 Å². The van der Waals surface area contributed by atoms with Crippen LogP contribution in [0.1, 0.15) is 79.0 Å². The van der Waals surface area contributed by atoms with E-state index in [9.17, 15) is 0 Å². The van der Waals surface area contributed by atoms with Crippen molar-refractivity contribution in [2.45, 2.75) is 78.6 Å². The first-order valence-electron chi connectivity index (χ1n) is 36.2. The smallest absolute Gasteiger partial charge is 0.252 e. The van der Waals surface area contributed by atoms with Crippen molar-refractivity contribution >= 4 is 101 Å². The highest BCUT2D eigenvalue weighted by molar-refractivity contribution is 7.00. The van der Waals surface area contributed by atoms with Crippen LogP contribution in [-0.2, 0) is 16.2 Å². The number of nitrogens with zero attached hydrogens (tertiary/aromatic N) is 3. The van der Waals surface area contributed by atoms with Crippen molar-refractivity contribution in [2.24, 2.45) is 0 Å². The molecule has 490 valence electrons. The molecule has 0 saturated carbocycles. The van der Waals surface area contributed by atoms with Gasteiger partial charge in [-0.3, -0.25) is 0 Å². The van der Waals surface area contributed by atoms with Gasteiger partial charge < -0.3 is 14.4 Å². The van der Waals surface area contributed by atoms with Gasteiger partial charge in [-0.05, 0) is 199 Å². The molecule has 16 aromatic rings. The van der Waals surface area contributed by atoms with Crippen LogP contribution in [0.4, 0.5) is 34.1 Å². The summed E-state index contributed by atoms with van der Waals surface area (Å²) >= 11 is 0. The molecule has 0 atom stereocenters. The summed E-state index contributed by atoms with van der Waals surface area (Å²) in [5.74, 6) is 0. The first kappa shape index (κ1) is 62.5. The fourth-order valence-electron chi connectivity index (χ4n) is 16.7. The molecule has 2 aliphatic heterocycles. The predicted molar refractivity (Wildman–Crippen MR) is 439 cm³/mol. The molecule has 0 unspecified atom stereocenters. The van der Waals surface area contributed by atoms with Crippen LogP contribution in [0.15, 0.2) is 322 Å². The summed E-state index contributed by atoms with van der Waals surface area (Å²) in [5.41, 5.74) is 31.9. The van der Waals surface area contributed by atoms with Gasteiger partial charge in [0, 0.05) is 50.3 Å². The molecule has 0 bridgehead atoms. The Balaban J connectivity index is 0.960. The summed E-state index contributed by atoms with van der Waals surface area (Å²) in [4.78, 5) is 5.36. The minimum atomic E-state index is -0.275. The van der Waals surface area contributed by atoms with E-state index in [-0.39, 0.29) is 23.0 Å². The topological polar surface area (TPSA) is 11.4 Å². The zero-order chi connectivity index (χ0) is 69.3. The highest BCUT2D eigenvalue weighted by atomic mass is 15.2. The number of para-hydroxylation sites is 2. The van der Waals surface area contributed by atoms with E-state index in [0.29, 0.717) is 0 Å². The Bertz CT molecular complexity index is 5890. The van der Waals surface area contributed by atoms with E-state index in [1.807, 2.05) is 0 Å². The van der Waals surface area contributed by atoms with Crippen molar-refractivity contribution in [3.63, 3.8) is 0 Å². The monoisotopic (exact) mass is 1310 g/mol. The summed E-state index contributed by atoms with van der Waals surface area (Å²) in [6.07, 6.45) is 0. The number of hydrogen-bond donors (Lipinski definition) is 0. The fraction of sp³-hybridized carbons (Fsp3) is 0.122. The van der Waals surface area contributed by atoms with Gasteiger partial charge in [-0.1, -0.05) is 311 Å². The highest BCUT2D eigenvalue weighted by Gasteiger charge is 2.46. The van der Waals surface area contributed by atoms with E-state index in [4.69, 9.17) is 0 Å². The van der Waals surface area contributed by atoms with Crippen molar-refractivity contribution in [3.05, 3.63) is 338 Å². The van der Waals surface area contributed by atoms with Gasteiger partial charge in [0.1, 0.15) is 0 Å². The van der Waals surface area contributed by atoms with E-state index in [2.05, 4.69) is 398 Å². The molecule has 0 radical (unpaired) electrons. The molecule has 18 rings (SSSR count). The molecular weight excluding hydrogens is 1230 g/mol. The lowest BCUT2D eigenvalue weighted by molar-refractivity contribution is 0.590. The molecule has 2 aliphatic rings. The van der Waals surface area contributed by atoms with E-state index in [1.165, 1.54) is 149 Å². The fourth-order valence-corrected chi connectivity index (χ4v) is 16.7. The summed E-state index contributed by atoms with van der Waals surface area (Å²) in [7, 11) is 0. The number of fused-ring (bicyclic) bond motifs is 9. The van der Waals surface area contributed by atoms with Gasteiger partial charge in [0.05, 0.1) is 22.4 Å². The molecule has 15 aromatic carbocycles. The Kier molecular flexibility index (Phi) is 14.7. The van der Waals surface area contributed by atoms with Crippen molar-refractivity contribution in [1.82, 2.24) is 4.57 Å². The molecular formula is C98H80BN3. The Morgan fingerprint density at radius 2 is 0.627 bits per heavy atom. The predicted octanol–water partition coefficient (Wildman–Crippen LogP) is 25.1. The first-order valence-corrected chi connectivity index (χ1v) is 36.2. The van der Waals surface area contributed by atoms with Gasteiger partial charge in [0.25, 0.3) is 6.71 Å². The quantitative estimate of drug-likeness (QED) is 0.105. The van der Waals surface area contributed by atoms with Crippen molar-refractivity contribution < 1.29 is 0 Å². The van der Waals surface area contributed by atoms with E-state index >= 15 is 0 Å². The molecule has 4 heteroatoms. The third-order valence-corrected chi connectivity index (χ3v) is 21.8. The van der Waals surface area contributed by atoms with Gasteiger partial charge in [0.2, 0.25) is 0 Å². The molecule has 0 saturated heterocycles. The number of hydrogen-bond acceptors (Lipinski definition) is 2. The van der Waals surface area contributed by atoms with Crippen LogP contribution >= 0.6 is 0 Å². The summed E-state index contributed by atoms with van der Waals surface area (Å²) in [6, 6.07) is 122. The SMILES string of the molecule is CC(C)(C)c1ccc(N2c3cc(-c4c5ccccc5c(-c5cc(-c6ccccc6)ccc5-c5ccccc5)c5ccccc45)ccc3B3c4ccc(-n5c6ccccc6c6ccccc65)cc4N(c4ccc(C(C)(C)C)cc4-c4ccccc4)c4cc(C(C)(C)C)cc2c43)c(-c2ccccc2)c1. The minimum absolute atomic E-state index is 0.106. The van der Waals surface area contributed by atoms with Crippen LogP contribution in [0.5, 0.6) is 0 Å². The number of anilines is 6. The summed E-state index contributed by atoms with van der Waals surface area (Å²) < 4.78 is 2.49. The largest absolute Gasteiger partial charge is 0.311 e. The third-order valence-electron chi connectivity index (χ3n) is 21.8. The van der Waals surface area contributed by atoms with E-state index in [1.54, 1.807) is 0 Å². The average molecular weight is 1310 g/mol. The summed E-state index contributed by atoms with van der Waals surface area (Å²) in [6.45, 7) is 21.0. The molecule has 1 aromatic heterocycles. The molecule has 3 nitrogen and oxygen atoms in total. The van der Waals surface area contributed by atoms with Crippen molar-refractivity contribution in [3.8, 4) is 72.4 Å². The average Bonchev–Trinajstić information content (AvgIpc) is 0.712. The van der Waals surface area contributed by atoms with Gasteiger partial charge >= 0.3 is 0 Å². The maximum absolute atomic E-state index is 2.69. The number of rotatable bonds is 9. The van der Waals surface area contributed by atoms with Gasteiger partial charge in [-0.25, -0.2) is 0 Å². The molecule has 0 aliphatic carbocycles. The highest BCUT2D eigenvalue weighted by Crippen LogP contribution is 2.54. The van der Waals surface area contributed by atoms with E-state index < -0.39 is 0 Å². The molecule has 0 spiro atoms. The lowest BCUT2D eigenvalue weighted by atomic mass is 9.33. The molecule has 3 heterocycles. The molecule has 102 heavy (non-hydrogen) atoms. The minimum Gasteiger partial charge on any atom is -0.311 e. The Hall–Kier alpha value is -11.7. The zero-order valence-electron chi connectivity index (χ0n) is 59.5. The van der Waals surface area contributed by atoms with Crippen molar-refractivity contribution in [1.29, 1.82) is 0 Å². The van der Waals surface area contributed by atoms with Gasteiger partial charge in [-0.2, -0.15) is 0 Å². The molecule has 0 fully saturated rings. The maximum Gasteiger partial charge on any atom is 0.252 e. The second-order valence-electron chi connectivity index (χ2n) is 31.2. The second kappa shape index (κ2) is 24.0. The zero-order valence-corrected chi connectivity index (χ0v) is 59.5. The Labute approximate surface area is 600 Å². The second-order valence-corrected chi connectivity index (χ2v) is 31.2. The van der Waals surface area contributed by atoms with Crippen LogP contribution in [0, 0.1) is 0 Å². The maximum atomic E-state index is 2.69. The lowest BCUT2D eigenvalue weighted by Gasteiger charge is -2.46. The Morgan fingerprint density at radius 1 is 0.235 bits per heavy atom. The summed E-state index contributed by atoms with van der Waals surface area (Å²) in [5, 5.41) is 7.31.